The number of fused-ring (bicyclic) bond motifs is 1. The number of nitrogens with one attached hydrogen (secondary N) is 1. The molecule has 0 saturated heterocycles. The van der Waals surface area contributed by atoms with E-state index in [0.717, 1.165) is 10.2 Å². The van der Waals surface area contributed by atoms with E-state index < -0.39 is 0 Å². The first-order valence-corrected chi connectivity index (χ1v) is 6.21. The quantitative estimate of drug-likeness (QED) is 0.809. The fourth-order valence-corrected chi connectivity index (χ4v) is 2.47. The summed E-state index contributed by atoms with van der Waals surface area (Å²) in [4.78, 5) is 17.0. The van der Waals surface area contributed by atoms with Crippen LogP contribution >= 0.6 is 11.3 Å². The van der Waals surface area contributed by atoms with E-state index in [1.807, 2.05) is 17.5 Å². The molecule has 0 spiro atoms. The molecule has 2 heterocycles. The highest BCUT2D eigenvalue weighted by molar-refractivity contribution is 7.17. The van der Waals surface area contributed by atoms with Crippen molar-refractivity contribution in [2.75, 3.05) is 13.1 Å². The van der Waals surface area contributed by atoms with Crippen LogP contribution in [-0.4, -0.2) is 28.9 Å². The Labute approximate surface area is 104 Å². The number of thiophene rings is 1. The van der Waals surface area contributed by atoms with Crippen LogP contribution in [0, 0.1) is 0 Å². The number of amides is 1. The van der Waals surface area contributed by atoms with Gasteiger partial charge in [-0.1, -0.05) is 12.2 Å². The number of aromatic amines is 1. The minimum Gasteiger partial charge on any atom is -0.350 e. The Kier molecular flexibility index (Phi) is 3.44. The highest BCUT2D eigenvalue weighted by atomic mass is 32.1. The molecule has 0 bridgehead atoms. The van der Waals surface area contributed by atoms with Crippen LogP contribution < -0.4 is 0 Å². The predicted octanol–water partition coefficient (Wildman–Crippen LogP) is 3.04. The Hall–Kier alpha value is -1.81. The fraction of sp³-hybridized carbons (Fsp3) is 0.154. The highest BCUT2D eigenvalue weighted by Gasteiger charge is 2.15. The summed E-state index contributed by atoms with van der Waals surface area (Å²) in [7, 11) is 0. The first-order valence-electron chi connectivity index (χ1n) is 5.33. The molecule has 2 aromatic heterocycles. The molecule has 0 radical (unpaired) electrons. The molecule has 3 nitrogen and oxygen atoms in total. The lowest BCUT2D eigenvalue weighted by Gasteiger charge is -2.18. The molecule has 2 aromatic rings. The number of carbonyl (C=O) groups excluding carboxylic acids is 1. The number of aromatic nitrogens is 1. The van der Waals surface area contributed by atoms with E-state index in [9.17, 15) is 4.79 Å². The summed E-state index contributed by atoms with van der Waals surface area (Å²) in [6.45, 7) is 8.36. The van der Waals surface area contributed by atoms with Gasteiger partial charge in [-0.15, -0.1) is 24.5 Å². The van der Waals surface area contributed by atoms with E-state index in [-0.39, 0.29) is 5.91 Å². The van der Waals surface area contributed by atoms with E-state index in [0.29, 0.717) is 18.8 Å². The molecule has 4 heteroatoms. The van der Waals surface area contributed by atoms with Gasteiger partial charge in [0, 0.05) is 13.1 Å². The van der Waals surface area contributed by atoms with E-state index in [1.54, 1.807) is 28.4 Å². The second-order valence-electron chi connectivity index (χ2n) is 3.67. The van der Waals surface area contributed by atoms with Crippen LogP contribution in [0.2, 0.25) is 0 Å². The normalized spacial score (nSPS) is 10.4. The van der Waals surface area contributed by atoms with Crippen molar-refractivity contribution in [2.45, 2.75) is 0 Å². The highest BCUT2D eigenvalue weighted by Crippen LogP contribution is 2.22. The average molecular weight is 246 g/mol. The number of H-pyrrole nitrogens is 1. The van der Waals surface area contributed by atoms with Crippen LogP contribution in [0.15, 0.2) is 42.8 Å². The van der Waals surface area contributed by atoms with Crippen molar-refractivity contribution in [3.05, 3.63) is 48.5 Å². The van der Waals surface area contributed by atoms with Gasteiger partial charge in [-0.25, -0.2) is 0 Å². The molecule has 0 atom stereocenters. The number of hydrogen-bond donors (Lipinski definition) is 1. The Morgan fingerprint density at radius 2 is 2.12 bits per heavy atom. The predicted molar refractivity (Wildman–Crippen MR) is 72.5 cm³/mol. The summed E-state index contributed by atoms with van der Waals surface area (Å²) in [5, 5.41) is 2.00. The number of rotatable bonds is 5. The van der Waals surface area contributed by atoms with Gasteiger partial charge in [0.1, 0.15) is 5.69 Å². The third-order valence-electron chi connectivity index (χ3n) is 2.46. The Bertz CT molecular complexity index is 514. The van der Waals surface area contributed by atoms with Gasteiger partial charge in [0.2, 0.25) is 0 Å². The lowest BCUT2D eigenvalue weighted by molar-refractivity contribution is 0.0786. The van der Waals surface area contributed by atoms with Gasteiger partial charge < -0.3 is 9.88 Å². The molecule has 2 rings (SSSR count). The van der Waals surface area contributed by atoms with Gasteiger partial charge in [-0.05, 0) is 17.5 Å². The molecular weight excluding hydrogens is 232 g/mol. The smallest absolute Gasteiger partial charge is 0.270 e. The zero-order chi connectivity index (χ0) is 12.3. The van der Waals surface area contributed by atoms with Crippen molar-refractivity contribution in [3.8, 4) is 0 Å². The van der Waals surface area contributed by atoms with E-state index >= 15 is 0 Å². The molecule has 0 aliphatic carbocycles. The first kappa shape index (κ1) is 11.7. The second-order valence-corrected chi connectivity index (χ2v) is 4.62. The van der Waals surface area contributed by atoms with Crippen molar-refractivity contribution >= 4 is 27.5 Å². The third kappa shape index (κ3) is 2.31. The SMILES string of the molecule is C=CCN(CC=C)C(=O)c1cc2sccc2[nH]1. The molecule has 0 saturated carbocycles. The minimum absolute atomic E-state index is 0.0202. The topological polar surface area (TPSA) is 36.1 Å². The minimum atomic E-state index is -0.0202. The van der Waals surface area contributed by atoms with E-state index in [1.165, 1.54) is 0 Å². The monoisotopic (exact) mass is 246 g/mol. The molecule has 17 heavy (non-hydrogen) atoms. The van der Waals surface area contributed by atoms with Gasteiger partial charge in [-0.3, -0.25) is 4.79 Å². The molecule has 0 aromatic carbocycles. The van der Waals surface area contributed by atoms with Gasteiger partial charge >= 0.3 is 0 Å². The summed E-state index contributed by atoms with van der Waals surface area (Å²) in [5.41, 5.74) is 1.63. The fourth-order valence-electron chi connectivity index (χ4n) is 1.69. The molecular formula is C13H14N2OS. The molecule has 1 N–H and O–H groups in total. The summed E-state index contributed by atoms with van der Waals surface area (Å²) >= 11 is 1.62. The van der Waals surface area contributed by atoms with Crippen LogP contribution in [0.4, 0.5) is 0 Å². The second kappa shape index (κ2) is 5.01. The standard InChI is InChI=1S/C13H14N2OS/c1-3-6-15(7-4-2)13(16)11-9-12-10(14-11)5-8-17-12/h3-5,8-9,14H,1-2,6-7H2. The molecule has 88 valence electrons. The summed E-state index contributed by atoms with van der Waals surface area (Å²) in [6.07, 6.45) is 3.43. The molecule has 0 aliphatic rings. The van der Waals surface area contributed by atoms with Crippen molar-refractivity contribution in [1.82, 2.24) is 9.88 Å². The Balaban J connectivity index is 2.25. The molecule has 0 fully saturated rings. The van der Waals surface area contributed by atoms with Crippen molar-refractivity contribution in [1.29, 1.82) is 0 Å². The van der Waals surface area contributed by atoms with Crippen LogP contribution in [0.25, 0.3) is 10.2 Å². The largest absolute Gasteiger partial charge is 0.350 e. The van der Waals surface area contributed by atoms with E-state index in [4.69, 9.17) is 0 Å². The maximum absolute atomic E-state index is 12.2. The lowest BCUT2D eigenvalue weighted by atomic mass is 10.3. The zero-order valence-electron chi connectivity index (χ0n) is 9.48. The molecule has 0 aliphatic heterocycles. The van der Waals surface area contributed by atoms with Gasteiger partial charge in [0.25, 0.3) is 5.91 Å². The van der Waals surface area contributed by atoms with E-state index in [2.05, 4.69) is 18.1 Å². The van der Waals surface area contributed by atoms with Gasteiger partial charge in [0.15, 0.2) is 0 Å². The third-order valence-corrected chi connectivity index (χ3v) is 3.32. The Morgan fingerprint density at radius 3 is 2.71 bits per heavy atom. The van der Waals surface area contributed by atoms with Crippen LogP contribution in [0.5, 0.6) is 0 Å². The van der Waals surface area contributed by atoms with Gasteiger partial charge in [-0.2, -0.15) is 0 Å². The first-order chi connectivity index (χ1) is 8.26. The van der Waals surface area contributed by atoms with Crippen molar-refractivity contribution in [2.24, 2.45) is 0 Å². The lowest BCUT2D eigenvalue weighted by Crippen LogP contribution is -2.31. The maximum atomic E-state index is 12.2. The maximum Gasteiger partial charge on any atom is 0.270 e. The van der Waals surface area contributed by atoms with Gasteiger partial charge in [0.05, 0.1) is 10.2 Å². The summed E-state index contributed by atoms with van der Waals surface area (Å²) < 4.78 is 1.10. The average Bonchev–Trinajstić information content (AvgIpc) is 2.87. The Morgan fingerprint density at radius 1 is 1.41 bits per heavy atom. The summed E-state index contributed by atoms with van der Waals surface area (Å²) in [5.74, 6) is -0.0202. The van der Waals surface area contributed by atoms with Crippen LogP contribution in [0.1, 0.15) is 10.5 Å². The van der Waals surface area contributed by atoms with Crippen LogP contribution in [0.3, 0.4) is 0 Å². The van der Waals surface area contributed by atoms with Crippen molar-refractivity contribution < 1.29 is 4.79 Å². The molecule has 0 unspecified atom stereocenters. The zero-order valence-corrected chi connectivity index (χ0v) is 10.3. The number of hydrogen-bond acceptors (Lipinski definition) is 2. The summed E-state index contributed by atoms with van der Waals surface area (Å²) in [6, 6.07) is 3.86. The number of carbonyl (C=O) groups is 1. The number of nitrogens with zero attached hydrogens (tertiary/aromatic N) is 1. The van der Waals surface area contributed by atoms with Crippen LogP contribution in [-0.2, 0) is 0 Å². The molecule has 1 amide bonds. The van der Waals surface area contributed by atoms with Crippen molar-refractivity contribution in [3.63, 3.8) is 0 Å².